The van der Waals surface area contributed by atoms with E-state index in [1.165, 1.54) is 12.1 Å². The first-order valence-electron chi connectivity index (χ1n) is 4.52. The van der Waals surface area contributed by atoms with E-state index in [-0.39, 0.29) is 17.8 Å². The van der Waals surface area contributed by atoms with Gasteiger partial charge in [-0.05, 0) is 25.1 Å². The number of hydrogen-bond acceptors (Lipinski definition) is 3. The largest absolute Gasteiger partial charge is 0.396 e. The van der Waals surface area contributed by atoms with E-state index >= 15 is 0 Å². The monoisotopic (exact) mass is 212 g/mol. The van der Waals surface area contributed by atoms with E-state index in [2.05, 4.69) is 5.32 Å². The molecular weight excluding hydrogens is 199 g/mol. The number of anilines is 1. The second kappa shape index (κ2) is 4.75. The van der Waals surface area contributed by atoms with E-state index in [0.29, 0.717) is 0 Å². The van der Waals surface area contributed by atoms with Crippen LogP contribution in [0.15, 0.2) is 18.2 Å². The zero-order chi connectivity index (χ0) is 11.4. The van der Waals surface area contributed by atoms with Crippen molar-refractivity contribution >= 4 is 11.6 Å². The molecule has 0 fully saturated rings. The molecule has 1 aromatic carbocycles. The van der Waals surface area contributed by atoms with Crippen LogP contribution in [-0.2, 0) is 0 Å². The number of aliphatic hydroxyl groups excluding tert-OH is 1. The maximum atomic E-state index is 13.0. The van der Waals surface area contributed by atoms with Crippen molar-refractivity contribution in [2.45, 2.75) is 13.0 Å². The first kappa shape index (κ1) is 11.5. The maximum Gasteiger partial charge on any atom is 0.251 e. The number of amides is 1. The summed E-state index contributed by atoms with van der Waals surface area (Å²) in [6.07, 6.45) is -0.632. The van der Waals surface area contributed by atoms with E-state index in [1.54, 1.807) is 6.92 Å². The van der Waals surface area contributed by atoms with Gasteiger partial charge < -0.3 is 16.2 Å². The standard InChI is InChI=1S/C10H13FN2O2/c1-6(14)5-13-10(15)7-2-3-9(12)8(11)4-7/h2-4,6,14H,5,12H2,1H3,(H,13,15). The second-order valence-corrected chi connectivity index (χ2v) is 3.30. The average molecular weight is 212 g/mol. The van der Waals surface area contributed by atoms with Crippen molar-refractivity contribution < 1.29 is 14.3 Å². The molecule has 15 heavy (non-hydrogen) atoms. The summed E-state index contributed by atoms with van der Waals surface area (Å²) in [6.45, 7) is 1.68. The first-order valence-corrected chi connectivity index (χ1v) is 4.52. The van der Waals surface area contributed by atoms with Crippen LogP contribution in [0.4, 0.5) is 10.1 Å². The molecule has 5 heteroatoms. The molecule has 1 unspecified atom stereocenters. The highest BCUT2D eigenvalue weighted by atomic mass is 19.1. The maximum absolute atomic E-state index is 13.0. The van der Waals surface area contributed by atoms with Crippen molar-refractivity contribution in [3.63, 3.8) is 0 Å². The molecule has 0 saturated heterocycles. The highest BCUT2D eigenvalue weighted by Gasteiger charge is 2.08. The van der Waals surface area contributed by atoms with Crippen LogP contribution in [0.25, 0.3) is 0 Å². The summed E-state index contributed by atoms with van der Waals surface area (Å²) in [4.78, 5) is 11.4. The van der Waals surface area contributed by atoms with Crippen molar-refractivity contribution in [1.29, 1.82) is 0 Å². The van der Waals surface area contributed by atoms with Crippen LogP contribution in [0, 0.1) is 5.82 Å². The number of carbonyl (C=O) groups is 1. The van der Waals surface area contributed by atoms with Crippen LogP contribution in [0.5, 0.6) is 0 Å². The molecule has 0 aliphatic carbocycles. The summed E-state index contributed by atoms with van der Waals surface area (Å²) in [5.41, 5.74) is 5.45. The van der Waals surface area contributed by atoms with Gasteiger partial charge in [-0.15, -0.1) is 0 Å². The third-order valence-electron chi connectivity index (χ3n) is 1.82. The molecule has 1 amide bonds. The summed E-state index contributed by atoms with van der Waals surface area (Å²) >= 11 is 0. The molecule has 0 radical (unpaired) electrons. The molecular formula is C10H13FN2O2. The van der Waals surface area contributed by atoms with Crippen LogP contribution in [0.2, 0.25) is 0 Å². The zero-order valence-corrected chi connectivity index (χ0v) is 8.33. The Morgan fingerprint density at radius 1 is 1.67 bits per heavy atom. The Kier molecular flexibility index (Phi) is 3.62. The Hall–Kier alpha value is -1.62. The number of rotatable bonds is 3. The zero-order valence-electron chi connectivity index (χ0n) is 8.33. The number of carbonyl (C=O) groups excluding carboxylic acids is 1. The fourth-order valence-corrected chi connectivity index (χ4v) is 1.01. The lowest BCUT2D eigenvalue weighted by molar-refractivity contribution is 0.0923. The molecule has 0 spiro atoms. The second-order valence-electron chi connectivity index (χ2n) is 3.30. The lowest BCUT2D eigenvalue weighted by atomic mass is 10.2. The van der Waals surface area contributed by atoms with Gasteiger partial charge in [0.15, 0.2) is 0 Å². The van der Waals surface area contributed by atoms with Gasteiger partial charge in [0.05, 0.1) is 11.8 Å². The predicted octanol–water partition coefficient (Wildman–Crippen LogP) is 0.519. The van der Waals surface area contributed by atoms with Gasteiger partial charge in [0.25, 0.3) is 5.91 Å². The summed E-state index contributed by atoms with van der Waals surface area (Å²) in [5.74, 6) is -1.06. The van der Waals surface area contributed by atoms with Crippen molar-refractivity contribution in [3.05, 3.63) is 29.6 Å². The number of aliphatic hydroxyl groups is 1. The van der Waals surface area contributed by atoms with Crippen LogP contribution in [0.1, 0.15) is 17.3 Å². The summed E-state index contributed by atoms with van der Waals surface area (Å²) < 4.78 is 13.0. The molecule has 0 heterocycles. The smallest absolute Gasteiger partial charge is 0.251 e. The van der Waals surface area contributed by atoms with Gasteiger partial charge in [0.1, 0.15) is 5.82 Å². The van der Waals surface area contributed by atoms with Gasteiger partial charge in [-0.25, -0.2) is 4.39 Å². The fraction of sp³-hybridized carbons (Fsp3) is 0.300. The highest BCUT2D eigenvalue weighted by molar-refractivity contribution is 5.94. The molecule has 0 aromatic heterocycles. The number of nitrogen functional groups attached to an aromatic ring is 1. The Morgan fingerprint density at radius 2 is 2.33 bits per heavy atom. The van der Waals surface area contributed by atoms with Crippen molar-refractivity contribution in [2.24, 2.45) is 0 Å². The van der Waals surface area contributed by atoms with E-state index in [9.17, 15) is 9.18 Å². The number of nitrogens with two attached hydrogens (primary N) is 1. The van der Waals surface area contributed by atoms with Crippen LogP contribution in [0.3, 0.4) is 0 Å². The predicted molar refractivity (Wildman–Crippen MR) is 54.8 cm³/mol. The molecule has 4 nitrogen and oxygen atoms in total. The molecule has 4 N–H and O–H groups in total. The van der Waals surface area contributed by atoms with E-state index in [0.717, 1.165) is 6.07 Å². The number of hydrogen-bond donors (Lipinski definition) is 3. The Bertz CT molecular complexity index is 366. The third kappa shape index (κ3) is 3.21. The van der Waals surface area contributed by atoms with E-state index < -0.39 is 17.8 Å². The average Bonchev–Trinajstić information content (AvgIpc) is 2.18. The minimum atomic E-state index is -0.632. The van der Waals surface area contributed by atoms with Gasteiger partial charge >= 0.3 is 0 Å². The summed E-state index contributed by atoms with van der Waals surface area (Å²) in [7, 11) is 0. The summed E-state index contributed by atoms with van der Waals surface area (Å²) in [6, 6.07) is 3.81. The van der Waals surface area contributed by atoms with E-state index in [1.807, 2.05) is 0 Å². The lowest BCUT2D eigenvalue weighted by Gasteiger charge is -2.07. The molecule has 82 valence electrons. The van der Waals surface area contributed by atoms with Gasteiger partial charge in [-0.2, -0.15) is 0 Å². The normalized spacial score (nSPS) is 12.2. The van der Waals surface area contributed by atoms with Gasteiger partial charge in [-0.3, -0.25) is 4.79 Å². The first-order chi connectivity index (χ1) is 7.00. The highest BCUT2D eigenvalue weighted by Crippen LogP contribution is 2.11. The quantitative estimate of drug-likeness (QED) is 0.639. The van der Waals surface area contributed by atoms with Crippen LogP contribution < -0.4 is 11.1 Å². The lowest BCUT2D eigenvalue weighted by Crippen LogP contribution is -2.30. The van der Waals surface area contributed by atoms with Crippen molar-refractivity contribution in [2.75, 3.05) is 12.3 Å². The molecule has 1 atom stereocenters. The molecule has 0 saturated carbocycles. The van der Waals surface area contributed by atoms with Crippen LogP contribution in [-0.4, -0.2) is 23.7 Å². The van der Waals surface area contributed by atoms with E-state index in [4.69, 9.17) is 10.8 Å². The van der Waals surface area contributed by atoms with Crippen molar-refractivity contribution in [1.82, 2.24) is 5.32 Å². The van der Waals surface area contributed by atoms with Gasteiger partial charge in [0.2, 0.25) is 0 Å². The van der Waals surface area contributed by atoms with Gasteiger partial charge in [-0.1, -0.05) is 0 Å². The Labute approximate surface area is 86.9 Å². The number of benzene rings is 1. The molecule has 1 rings (SSSR count). The van der Waals surface area contributed by atoms with Gasteiger partial charge in [0, 0.05) is 12.1 Å². The SMILES string of the molecule is CC(O)CNC(=O)c1ccc(N)c(F)c1. The molecule has 0 aliphatic heterocycles. The number of halogens is 1. The fourth-order valence-electron chi connectivity index (χ4n) is 1.01. The number of nitrogens with one attached hydrogen (secondary N) is 1. The molecule has 0 aliphatic rings. The van der Waals surface area contributed by atoms with Crippen molar-refractivity contribution in [3.8, 4) is 0 Å². The molecule has 0 bridgehead atoms. The molecule has 1 aromatic rings. The Balaban J connectivity index is 2.70. The minimum absolute atomic E-state index is 0.00192. The summed E-state index contributed by atoms with van der Waals surface area (Å²) in [5, 5.41) is 11.4. The van der Waals surface area contributed by atoms with Crippen LogP contribution >= 0.6 is 0 Å². The minimum Gasteiger partial charge on any atom is -0.396 e. The third-order valence-corrected chi connectivity index (χ3v) is 1.82. The topological polar surface area (TPSA) is 75.3 Å². The Morgan fingerprint density at radius 3 is 2.87 bits per heavy atom.